The first-order valence-electron chi connectivity index (χ1n) is 6.95. The Morgan fingerprint density at radius 1 is 1.24 bits per heavy atom. The van der Waals surface area contributed by atoms with Gasteiger partial charge in [-0.3, -0.25) is 4.79 Å². The van der Waals surface area contributed by atoms with Crippen molar-refractivity contribution in [2.45, 2.75) is 32.6 Å². The smallest absolute Gasteiger partial charge is 0.306 e. The molecule has 0 aromatic heterocycles. The lowest BCUT2D eigenvalue weighted by molar-refractivity contribution is -0.144. The molecule has 1 unspecified atom stereocenters. The van der Waals surface area contributed by atoms with Gasteiger partial charge in [0, 0.05) is 13.1 Å². The molecule has 0 spiro atoms. The molecule has 1 saturated heterocycles. The summed E-state index contributed by atoms with van der Waals surface area (Å²) in [6, 6.07) is 3.72. The summed E-state index contributed by atoms with van der Waals surface area (Å²) in [5.41, 5.74) is 2.51. The molecule has 0 aliphatic carbocycles. The number of hydrogen-bond donors (Lipinski definition) is 1. The van der Waals surface area contributed by atoms with Gasteiger partial charge in [0.05, 0.1) is 10.8 Å². The Balaban J connectivity index is 2.24. The normalized spacial score (nSPS) is 18.3. The molecule has 1 N–H and O–H groups in total. The Kier molecular flexibility index (Phi) is 4.13. The molecule has 1 aromatic rings. The molecular formula is C15H21NO4S. The van der Waals surface area contributed by atoms with Crippen molar-refractivity contribution in [3.8, 4) is 0 Å². The van der Waals surface area contributed by atoms with Gasteiger partial charge in [-0.1, -0.05) is 24.6 Å². The van der Waals surface area contributed by atoms with Crippen LogP contribution in [-0.4, -0.2) is 36.9 Å². The molecule has 5 nitrogen and oxygen atoms in total. The fraction of sp³-hybridized carbons (Fsp3) is 0.533. The molecule has 21 heavy (non-hydrogen) atoms. The van der Waals surface area contributed by atoms with Gasteiger partial charge in [0.25, 0.3) is 0 Å². The minimum absolute atomic E-state index is 0.108. The zero-order valence-electron chi connectivity index (χ0n) is 12.8. The monoisotopic (exact) mass is 311 g/mol. The highest BCUT2D eigenvalue weighted by Crippen LogP contribution is 2.32. The summed E-state index contributed by atoms with van der Waals surface area (Å²) in [5.74, 6) is -1.50. The van der Waals surface area contributed by atoms with Crippen LogP contribution < -0.4 is 0 Å². The van der Waals surface area contributed by atoms with E-state index in [4.69, 9.17) is 5.11 Å². The highest BCUT2D eigenvalue weighted by atomic mass is 32.2. The van der Waals surface area contributed by atoms with Gasteiger partial charge in [0.2, 0.25) is 10.0 Å². The third kappa shape index (κ3) is 2.82. The van der Waals surface area contributed by atoms with Gasteiger partial charge in [-0.2, -0.15) is 4.31 Å². The first-order chi connectivity index (χ1) is 9.64. The van der Waals surface area contributed by atoms with E-state index in [0.29, 0.717) is 4.90 Å². The average molecular weight is 311 g/mol. The SMILES string of the molecule is Cc1cc(C)c(S(=O)(=O)N2CC(C(C)C(=O)O)C2)c(C)c1. The Morgan fingerprint density at radius 2 is 1.71 bits per heavy atom. The molecule has 0 bridgehead atoms. The van der Waals surface area contributed by atoms with Gasteiger partial charge in [0.15, 0.2) is 0 Å². The van der Waals surface area contributed by atoms with Gasteiger partial charge >= 0.3 is 5.97 Å². The summed E-state index contributed by atoms with van der Waals surface area (Å²) >= 11 is 0. The minimum Gasteiger partial charge on any atom is -0.481 e. The second kappa shape index (κ2) is 5.42. The lowest BCUT2D eigenvalue weighted by Crippen LogP contribution is -2.53. The molecule has 1 aliphatic heterocycles. The van der Waals surface area contributed by atoms with Crippen molar-refractivity contribution in [1.29, 1.82) is 0 Å². The molecule has 1 atom stereocenters. The van der Waals surface area contributed by atoms with E-state index in [1.54, 1.807) is 20.8 Å². The van der Waals surface area contributed by atoms with Gasteiger partial charge in [-0.15, -0.1) is 0 Å². The van der Waals surface area contributed by atoms with Crippen LogP contribution in [0.15, 0.2) is 17.0 Å². The van der Waals surface area contributed by atoms with Crippen LogP contribution >= 0.6 is 0 Å². The third-order valence-corrected chi connectivity index (χ3v) is 6.31. The number of hydrogen-bond acceptors (Lipinski definition) is 3. The second-order valence-electron chi connectivity index (χ2n) is 5.94. The summed E-state index contributed by atoms with van der Waals surface area (Å²) in [5, 5.41) is 8.97. The van der Waals surface area contributed by atoms with Gasteiger partial charge in [-0.05, 0) is 37.8 Å². The van der Waals surface area contributed by atoms with Crippen LogP contribution in [0.1, 0.15) is 23.6 Å². The zero-order chi connectivity index (χ0) is 15.9. The van der Waals surface area contributed by atoms with Gasteiger partial charge < -0.3 is 5.11 Å². The fourth-order valence-corrected chi connectivity index (χ4v) is 4.85. The number of aliphatic carboxylic acids is 1. The Hall–Kier alpha value is -1.40. The molecule has 1 fully saturated rings. The van der Waals surface area contributed by atoms with Crippen LogP contribution in [0, 0.1) is 32.6 Å². The fourth-order valence-electron chi connectivity index (χ4n) is 2.89. The largest absolute Gasteiger partial charge is 0.481 e. The highest BCUT2D eigenvalue weighted by Gasteiger charge is 2.42. The quantitative estimate of drug-likeness (QED) is 0.922. The van der Waals surface area contributed by atoms with Crippen molar-refractivity contribution in [3.05, 3.63) is 28.8 Å². The third-order valence-electron chi connectivity index (χ3n) is 4.18. The number of carboxylic acid groups (broad SMARTS) is 1. The van der Waals surface area contributed by atoms with Crippen molar-refractivity contribution in [1.82, 2.24) is 4.31 Å². The van der Waals surface area contributed by atoms with E-state index in [2.05, 4.69) is 0 Å². The summed E-state index contributed by atoms with van der Waals surface area (Å²) < 4.78 is 26.7. The number of rotatable bonds is 4. The summed E-state index contributed by atoms with van der Waals surface area (Å²) in [4.78, 5) is 11.3. The van der Waals surface area contributed by atoms with Crippen molar-refractivity contribution in [2.24, 2.45) is 11.8 Å². The maximum absolute atomic E-state index is 12.7. The standard InChI is InChI=1S/C15H21NO4S/c1-9-5-10(2)14(11(3)6-9)21(19,20)16-7-13(8-16)12(4)15(17)18/h5-6,12-13H,7-8H2,1-4H3,(H,17,18). The Labute approximate surface area is 125 Å². The zero-order valence-corrected chi connectivity index (χ0v) is 13.6. The maximum atomic E-state index is 12.7. The molecule has 1 heterocycles. The van der Waals surface area contributed by atoms with E-state index in [1.807, 2.05) is 19.1 Å². The van der Waals surface area contributed by atoms with Gasteiger partial charge in [0.1, 0.15) is 0 Å². The lowest BCUT2D eigenvalue weighted by Gasteiger charge is -2.40. The number of carbonyl (C=O) groups is 1. The van der Waals surface area contributed by atoms with E-state index < -0.39 is 21.9 Å². The van der Waals surface area contributed by atoms with E-state index in [1.165, 1.54) is 4.31 Å². The summed E-state index contributed by atoms with van der Waals surface area (Å²) in [6.07, 6.45) is 0. The predicted octanol–water partition coefficient (Wildman–Crippen LogP) is 1.95. The van der Waals surface area contributed by atoms with Crippen LogP contribution in [0.2, 0.25) is 0 Å². The molecule has 0 radical (unpaired) electrons. The first-order valence-corrected chi connectivity index (χ1v) is 8.39. The van der Waals surface area contributed by atoms with Crippen molar-refractivity contribution >= 4 is 16.0 Å². The van der Waals surface area contributed by atoms with E-state index in [9.17, 15) is 13.2 Å². The molecule has 0 saturated carbocycles. The Morgan fingerprint density at radius 3 is 2.14 bits per heavy atom. The number of nitrogens with zero attached hydrogens (tertiary/aromatic N) is 1. The van der Waals surface area contributed by atoms with E-state index >= 15 is 0 Å². The maximum Gasteiger partial charge on any atom is 0.306 e. The number of sulfonamides is 1. The summed E-state index contributed by atoms with van der Waals surface area (Å²) in [7, 11) is -3.53. The average Bonchev–Trinajstić information content (AvgIpc) is 2.23. The molecule has 6 heteroatoms. The number of benzene rings is 1. The van der Waals surface area contributed by atoms with Crippen LogP contribution in [0.3, 0.4) is 0 Å². The van der Waals surface area contributed by atoms with E-state index in [0.717, 1.165) is 16.7 Å². The van der Waals surface area contributed by atoms with Crippen LogP contribution in [0.5, 0.6) is 0 Å². The van der Waals surface area contributed by atoms with Crippen LogP contribution in [0.25, 0.3) is 0 Å². The predicted molar refractivity (Wildman–Crippen MR) is 79.7 cm³/mol. The lowest BCUT2D eigenvalue weighted by atomic mass is 9.89. The van der Waals surface area contributed by atoms with Gasteiger partial charge in [-0.25, -0.2) is 8.42 Å². The van der Waals surface area contributed by atoms with Crippen LogP contribution in [0.4, 0.5) is 0 Å². The summed E-state index contributed by atoms with van der Waals surface area (Å²) in [6.45, 7) is 7.71. The first kappa shape index (κ1) is 16.0. The molecular weight excluding hydrogens is 290 g/mol. The van der Waals surface area contributed by atoms with Crippen LogP contribution in [-0.2, 0) is 14.8 Å². The second-order valence-corrected chi connectivity index (χ2v) is 7.81. The van der Waals surface area contributed by atoms with Crippen molar-refractivity contribution < 1.29 is 18.3 Å². The molecule has 2 rings (SSSR count). The Bertz CT molecular complexity index is 652. The topological polar surface area (TPSA) is 74.7 Å². The molecule has 0 amide bonds. The number of carboxylic acids is 1. The molecule has 116 valence electrons. The number of aryl methyl sites for hydroxylation is 3. The molecule has 1 aromatic carbocycles. The minimum atomic E-state index is -3.53. The van der Waals surface area contributed by atoms with E-state index in [-0.39, 0.29) is 19.0 Å². The molecule has 1 aliphatic rings. The van der Waals surface area contributed by atoms with Crippen molar-refractivity contribution in [2.75, 3.05) is 13.1 Å². The van der Waals surface area contributed by atoms with Crippen molar-refractivity contribution in [3.63, 3.8) is 0 Å². The highest BCUT2D eigenvalue weighted by molar-refractivity contribution is 7.89.